The first kappa shape index (κ1) is 29.6. The van der Waals surface area contributed by atoms with Crippen molar-refractivity contribution in [2.75, 3.05) is 44.8 Å². The van der Waals surface area contributed by atoms with Gasteiger partial charge in [0.25, 0.3) is 0 Å². The van der Waals surface area contributed by atoms with Crippen LogP contribution in [-0.4, -0.2) is 93.5 Å². The van der Waals surface area contributed by atoms with E-state index in [1.165, 1.54) is 37.6 Å². The second-order valence-electron chi connectivity index (χ2n) is 13.0. The fraction of sp³-hybridized carbons (Fsp3) is 0.429. The molecule has 4 aliphatic rings. The van der Waals surface area contributed by atoms with Gasteiger partial charge in [-0.15, -0.1) is 6.42 Å². The van der Waals surface area contributed by atoms with Crippen LogP contribution in [-0.2, 0) is 4.74 Å². The van der Waals surface area contributed by atoms with Crippen molar-refractivity contribution in [3.63, 3.8) is 0 Å². The summed E-state index contributed by atoms with van der Waals surface area (Å²) in [6.45, 7) is 3.39. The molecule has 4 aliphatic heterocycles. The molecule has 12 heteroatoms. The number of carbonyl (C=O) groups excluding carboxylic acids is 1. The first-order valence-corrected chi connectivity index (χ1v) is 16.1. The maximum atomic E-state index is 16.9. The number of amides is 1. The van der Waals surface area contributed by atoms with Crippen LogP contribution in [0.15, 0.2) is 30.5 Å². The predicted molar refractivity (Wildman–Crippen MR) is 171 cm³/mol. The number of carbonyl (C=O) groups is 1. The zero-order valence-corrected chi connectivity index (χ0v) is 26.0. The van der Waals surface area contributed by atoms with Gasteiger partial charge in [0.2, 0.25) is 0 Å². The molecule has 4 fully saturated rings. The number of methoxy groups -OCH3 is 1. The van der Waals surface area contributed by atoms with Gasteiger partial charge in [0.15, 0.2) is 5.82 Å². The lowest BCUT2D eigenvalue weighted by Gasteiger charge is -2.40. The van der Waals surface area contributed by atoms with E-state index in [1.54, 1.807) is 4.90 Å². The highest BCUT2D eigenvalue weighted by Crippen LogP contribution is 2.42. The Kier molecular flexibility index (Phi) is 7.06. The molecule has 0 spiro atoms. The number of ether oxygens (including phenoxy) is 2. The number of aromatic hydroxyl groups is 1. The summed E-state index contributed by atoms with van der Waals surface area (Å²) in [7, 11) is 1.38. The Morgan fingerprint density at radius 2 is 1.87 bits per heavy atom. The van der Waals surface area contributed by atoms with Crippen molar-refractivity contribution < 1.29 is 28.2 Å². The molecule has 10 nitrogen and oxygen atoms in total. The van der Waals surface area contributed by atoms with Crippen LogP contribution in [0.25, 0.3) is 32.9 Å². The van der Waals surface area contributed by atoms with Gasteiger partial charge in [-0.25, -0.2) is 13.6 Å². The van der Waals surface area contributed by atoms with Gasteiger partial charge in [-0.05, 0) is 75.2 Å². The van der Waals surface area contributed by atoms with Gasteiger partial charge in [-0.1, -0.05) is 12.0 Å². The number of hydrogen-bond acceptors (Lipinski definition) is 9. The van der Waals surface area contributed by atoms with E-state index in [9.17, 15) is 14.3 Å². The van der Waals surface area contributed by atoms with E-state index in [4.69, 9.17) is 20.9 Å². The van der Waals surface area contributed by atoms with Crippen molar-refractivity contribution in [3.8, 4) is 35.4 Å². The third-order valence-corrected chi connectivity index (χ3v) is 10.5. The van der Waals surface area contributed by atoms with Gasteiger partial charge < -0.3 is 19.5 Å². The zero-order chi connectivity index (χ0) is 32.4. The Labute approximate surface area is 270 Å². The molecule has 2 aromatic carbocycles. The van der Waals surface area contributed by atoms with E-state index in [0.29, 0.717) is 36.3 Å². The summed E-state index contributed by atoms with van der Waals surface area (Å²) < 4.78 is 43.1. The molecule has 1 N–H and O–H groups in total. The smallest absolute Gasteiger partial charge is 0.410 e. The topological polar surface area (TPSA) is 104 Å². The zero-order valence-electron chi connectivity index (χ0n) is 26.0. The molecule has 0 radical (unpaired) electrons. The predicted octanol–water partition coefficient (Wildman–Crippen LogP) is 5.24. The van der Waals surface area contributed by atoms with Crippen LogP contribution >= 0.6 is 0 Å². The number of anilines is 1. The summed E-state index contributed by atoms with van der Waals surface area (Å²) in [4.78, 5) is 32.8. The number of benzene rings is 2. The molecule has 1 amide bonds. The van der Waals surface area contributed by atoms with Crippen LogP contribution in [0.3, 0.4) is 0 Å². The molecule has 4 saturated heterocycles. The van der Waals surface area contributed by atoms with Crippen molar-refractivity contribution in [2.45, 2.75) is 56.1 Å². The average Bonchev–Trinajstić information content (AvgIpc) is 3.73. The first-order chi connectivity index (χ1) is 22.8. The van der Waals surface area contributed by atoms with Crippen LogP contribution in [0.2, 0.25) is 0 Å². The number of nitrogens with zero attached hydrogens (tertiary/aromatic N) is 6. The third kappa shape index (κ3) is 4.70. The highest BCUT2D eigenvalue weighted by Gasteiger charge is 2.46. The molecule has 6 heterocycles. The molecule has 2 bridgehead atoms. The number of pyridine rings is 1. The minimum absolute atomic E-state index is 0.0138. The first-order valence-electron chi connectivity index (χ1n) is 16.1. The molecule has 2 unspecified atom stereocenters. The lowest BCUT2D eigenvalue weighted by Crippen LogP contribution is -2.56. The van der Waals surface area contributed by atoms with Crippen LogP contribution in [0.1, 0.15) is 44.1 Å². The average molecular weight is 641 g/mol. The van der Waals surface area contributed by atoms with E-state index in [0.717, 1.165) is 51.6 Å². The maximum Gasteiger partial charge on any atom is 0.410 e. The van der Waals surface area contributed by atoms with Gasteiger partial charge >= 0.3 is 12.1 Å². The summed E-state index contributed by atoms with van der Waals surface area (Å²) in [6.07, 6.45) is 12.7. The van der Waals surface area contributed by atoms with Gasteiger partial charge in [0, 0.05) is 30.2 Å². The van der Waals surface area contributed by atoms with E-state index >= 15 is 4.39 Å². The van der Waals surface area contributed by atoms with Crippen molar-refractivity contribution >= 4 is 33.6 Å². The molecule has 242 valence electrons. The Balaban J connectivity index is 1.26. The normalized spacial score (nSPS) is 21.7. The quantitative estimate of drug-likeness (QED) is 0.294. The van der Waals surface area contributed by atoms with Crippen LogP contribution in [0.4, 0.5) is 19.4 Å². The van der Waals surface area contributed by atoms with Crippen molar-refractivity contribution in [3.05, 3.63) is 47.7 Å². The summed E-state index contributed by atoms with van der Waals surface area (Å²) >= 11 is 0. The number of piperazine rings is 1. The molecular weight excluding hydrogens is 606 g/mol. The van der Waals surface area contributed by atoms with Gasteiger partial charge in [-0.2, -0.15) is 9.97 Å². The number of hydrogen-bond donors (Lipinski definition) is 1. The molecule has 8 rings (SSSR count). The van der Waals surface area contributed by atoms with Crippen LogP contribution < -0.4 is 9.64 Å². The SMILES string of the molecule is C#Cc1c(F)ccc2cc(O)cc(-c3ncc4c(N5CC6CCC(C5)N6C(=O)OC)nc(OCC56CCCN5CCC6)nc4c3F)c12. The molecule has 4 aromatic rings. The standard InChI is InChI=1S/C35H34F2N6O4/c1-3-24-27(36)9-6-20-14-23(44)15-25(28(20)24)30-29(37)31-26(16-38-30)32(41-17-21-7-8-22(18-41)43(21)34(45)46-2)40-33(39-31)47-19-35-10-4-12-42(35)13-5-11-35/h1,6,9,14-16,21-22,44H,4-5,7-8,10-13,17-19H2,2H3. The number of halogens is 2. The monoisotopic (exact) mass is 640 g/mol. The Morgan fingerprint density at radius 3 is 2.57 bits per heavy atom. The van der Waals surface area contributed by atoms with Gasteiger partial charge in [0.05, 0.1) is 35.7 Å². The van der Waals surface area contributed by atoms with Crippen LogP contribution in [0.5, 0.6) is 11.8 Å². The Bertz CT molecular complexity index is 1960. The summed E-state index contributed by atoms with van der Waals surface area (Å²) in [5.74, 6) is 1.29. The summed E-state index contributed by atoms with van der Waals surface area (Å²) in [5.41, 5.74) is -0.141. The van der Waals surface area contributed by atoms with E-state index in [1.807, 2.05) is 4.90 Å². The number of phenols is 1. The second kappa shape index (κ2) is 11.2. The van der Waals surface area contributed by atoms with Gasteiger partial charge in [-0.3, -0.25) is 14.8 Å². The van der Waals surface area contributed by atoms with E-state index < -0.39 is 11.6 Å². The molecule has 0 saturated carbocycles. The Morgan fingerprint density at radius 1 is 1.13 bits per heavy atom. The van der Waals surface area contributed by atoms with Crippen LogP contribution in [0, 0.1) is 24.0 Å². The fourth-order valence-corrected chi connectivity index (χ4v) is 8.41. The highest BCUT2D eigenvalue weighted by molar-refractivity contribution is 6.03. The van der Waals surface area contributed by atoms with Crippen molar-refractivity contribution in [1.29, 1.82) is 0 Å². The highest BCUT2D eigenvalue weighted by atomic mass is 19.1. The molecule has 2 aromatic heterocycles. The molecular formula is C35H34F2N6O4. The number of rotatable bonds is 5. The lowest BCUT2D eigenvalue weighted by molar-refractivity contribution is 0.0960. The van der Waals surface area contributed by atoms with Gasteiger partial charge in [0.1, 0.15) is 35.2 Å². The third-order valence-electron chi connectivity index (χ3n) is 10.5. The molecule has 2 atom stereocenters. The minimum Gasteiger partial charge on any atom is -0.508 e. The molecule has 0 aliphatic carbocycles. The number of terminal acetylenes is 1. The fourth-order valence-electron chi connectivity index (χ4n) is 8.41. The van der Waals surface area contributed by atoms with E-state index in [2.05, 4.69) is 20.8 Å². The largest absolute Gasteiger partial charge is 0.508 e. The number of fused-ring (bicyclic) bond motifs is 5. The number of phenolic OH excluding ortho intramolecular Hbond substituents is 1. The number of aromatic nitrogens is 3. The maximum absolute atomic E-state index is 16.9. The summed E-state index contributed by atoms with van der Waals surface area (Å²) in [5, 5.41) is 11.6. The van der Waals surface area contributed by atoms with E-state index in [-0.39, 0.29) is 63.2 Å². The van der Waals surface area contributed by atoms with Crippen molar-refractivity contribution in [2.24, 2.45) is 0 Å². The lowest BCUT2D eigenvalue weighted by atomic mass is 9.95. The van der Waals surface area contributed by atoms with Crippen molar-refractivity contribution in [1.82, 2.24) is 24.8 Å². The summed E-state index contributed by atoms with van der Waals surface area (Å²) in [6, 6.07) is 5.35. The molecule has 47 heavy (non-hydrogen) atoms. The Hall–Kier alpha value is -4.76. The minimum atomic E-state index is -0.771. The second-order valence-corrected chi connectivity index (χ2v) is 13.0.